The van der Waals surface area contributed by atoms with Crippen LogP contribution in [0.3, 0.4) is 0 Å². The third-order valence-corrected chi connectivity index (χ3v) is 17.3. The highest BCUT2D eigenvalue weighted by atomic mass is 15.1. The lowest BCUT2D eigenvalue weighted by atomic mass is 9.46. The molecule has 0 radical (unpaired) electrons. The molecule has 0 saturated heterocycles. The van der Waals surface area contributed by atoms with Gasteiger partial charge in [0.2, 0.25) is 0 Å². The van der Waals surface area contributed by atoms with Crippen LogP contribution >= 0.6 is 0 Å². The van der Waals surface area contributed by atoms with Crippen molar-refractivity contribution in [1.29, 1.82) is 0 Å². The fourth-order valence-corrected chi connectivity index (χ4v) is 13.4. The summed E-state index contributed by atoms with van der Waals surface area (Å²) in [6, 6.07) is 0. The van der Waals surface area contributed by atoms with Gasteiger partial charge in [0.05, 0.1) is 0 Å². The monoisotopic (exact) mass is 810 g/mol. The largest absolute Gasteiger partial charge is 0.303 e. The molecule has 1 nitrogen and oxygen atoms in total. The molecule has 0 N–H and O–H groups in total. The molecule has 3 rings (SSSR count). The summed E-state index contributed by atoms with van der Waals surface area (Å²) in [5, 5.41) is 0. The predicted molar refractivity (Wildman–Crippen MR) is 262 cm³/mol. The van der Waals surface area contributed by atoms with E-state index < -0.39 is 0 Å². The van der Waals surface area contributed by atoms with Crippen molar-refractivity contribution < 1.29 is 0 Å². The van der Waals surface area contributed by atoms with Crippen LogP contribution in [0, 0.1) is 34.5 Å². The quantitative estimate of drug-likeness (QED) is 0.0559. The maximum Gasteiger partial charge on any atom is -0.00187 e. The van der Waals surface area contributed by atoms with E-state index in [2.05, 4.69) is 39.5 Å². The molecule has 0 aromatic rings. The van der Waals surface area contributed by atoms with Crippen LogP contribution in [-0.4, -0.2) is 24.5 Å². The van der Waals surface area contributed by atoms with E-state index in [9.17, 15) is 0 Å². The van der Waals surface area contributed by atoms with Gasteiger partial charge < -0.3 is 4.90 Å². The van der Waals surface area contributed by atoms with Gasteiger partial charge in [-0.15, -0.1) is 0 Å². The van der Waals surface area contributed by atoms with E-state index in [1.807, 2.05) is 0 Å². The second-order valence-corrected chi connectivity index (χ2v) is 22.2. The van der Waals surface area contributed by atoms with Gasteiger partial charge in [-0.25, -0.2) is 0 Å². The fourth-order valence-electron chi connectivity index (χ4n) is 13.4. The minimum Gasteiger partial charge on any atom is -0.303 e. The van der Waals surface area contributed by atoms with Gasteiger partial charge in [-0.05, 0) is 125 Å². The normalized spacial score (nSPS) is 25.2. The minimum absolute atomic E-state index is 0.614. The molecule has 0 aliphatic heterocycles. The number of unbranched alkanes of at least 4 members (excludes halogenated alkanes) is 28. The molecule has 0 bridgehead atoms. The van der Waals surface area contributed by atoms with Crippen LogP contribution in [-0.2, 0) is 0 Å². The summed E-state index contributed by atoms with van der Waals surface area (Å²) >= 11 is 0. The number of fused-ring (bicyclic) bond motifs is 3. The molecule has 3 fully saturated rings. The van der Waals surface area contributed by atoms with Crippen molar-refractivity contribution in [1.82, 2.24) is 4.90 Å². The van der Waals surface area contributed by atoms with Crippen LogP contribution in [0.4, 0.5) is 0 Å². The molecule has 0 aromatic carbocycles. The summed E-state index contributed by atoms with van der Waals surface area (Å²) in [7, 11) is 0. The highest BCUT2D eigenvalue weighted by Gasteiger charge is 2.53. The standard InChI is InChI=1S/C57H111N/c1-6-9-11-13-15-17-19-21-23-25-27-29-31-37-48-58(49-38-32-30-28-26-24-22-20-18-16-14-12-10-7-2)50-39-33-34-41-53(40-8-3)56(4)47-45-55-52(51-56)43-44-54-42-35-36-46-57(54,55)5/h52-55H,6-51H2,1-5H3/t52?,53-,54?,55?,56+,57+/m1/s1. The lowest BCUT2D eigenvalue weighted by Gasteiger charge is -2.59. The molecular formula is C57H111N. The smallest absolute Gasteiger partial charge is 0.00187 e. The summed E-state index contributed by atoms with van der Waals surface area (Å²) < 4.78 is 0. The zero-order valence-corrected chi connectivity index (χ0v) is 41.3. The Balaban J connectivity index is 1.31. The van der Waals surface area contributed by atoms with Gasteiger partial charge in [0.1, 0.15) is 0 Å². The van der Waals surface area contributed by atoms with Crippen molar-refractivity contribution in [2.45, 2.75) is 311 Å². The number of hydrogen-bond acceptors (Lipinski definition) is 1. The average molecular weight is 811 g/mol. The van der Waals surface area contributed by atoms with Gasteiger partial charge in [-0.3, -0.25) is 0 Å². The van der Waals surface area contributed by atoms with Crippen molar-refractivity contribution >= 4 is 0 Å². The zero-order valence-electron chi connectivity index (χ0n) is 41.3. The van der Waals surface area contributed by atoms with E-state index in [-0.39, 0.29) is 0 Å². The molecule has 3 aliphatic carbocycles. The van der Waals surface area contributed by atoms with Crippen molar-refractivity contribution in [3.8, 4) is 0 Å². The molecule has 3 saturated carbocycles. The van der Waals surface area contributed by atoms with Gasteiger partial charge >= 0.3 is 0 Å². The Bertz CT molecular complexity index is 879. The van der Waals surface area contributed by atoms with Gasteiger partial charge in [-0.1, -0.05) is 240 Å². The van der Waals surface area contributed by atoms with Crippen LogP contribution in [0.1, 0.15) is 311 Å². The number of nitrogens with zero attached hydrogens (tertiary/aromatic N) is 1. The lowest BCUT2D eigenvalue weighted by Crippen LogP contribution is -2.50. The van der Waals surface area contributed by atoms with Crippen molar-refractivity contribution in [2.75, 3.05) is 19.6 Å². The Morgan fingerprint density at radius 1 is 0.414 bits per heavy atom. The molecule has 0 spiro atoms. The molecule has 6 atom stereocenters. The molecule has 344 valence electrons. The van der Waals surface area contributed by atoms with Crippen molar-refractivity contribution in [2.24, 2.45) is 34.5 Å². The van der Waals surface area contributed by atoms with Crippen LogP contribution in [0.2, 0.25) is 0 Å². The summed E-state index contributed by atoms with van der Waals surface area (Å²) in [6.45, 7) is 16.8. The van der Waals surface area contributed by atoms with Crippen LogP contribution in [0.25, 0.3) is 0 Å². The molecule has 58 heavy (non-hydrogen) atoms. The second-order valence-electron chi connectivity index (χ2n) is 22.2. The molecule has 3 unspecified atom stereocenters. The molecule has 3 aliphatic rings. The molecule has 0 amide bonds. The van der Waals surface area contributed by atoms with E-state index >= 15 is 0 Å². The minimum atomic E-state index is 0.614. The third kappa shape index (κ3) is 21.4. The van der Waals surface area contributed by atoms with Crippen LogP contribution < -0.4 is 0 Å². The first-order valence-electron chi connectivity index (χ1n) is 28.2. The third-order valence-electron chi connectivity index (χ3n) is 17.3. The van der Waals surface area contributed by atoms with Crippen molar-refractivity contribution in [3.63, 3.8) is 0 Å². The zero-order chi connectivity index (χ0) is 41.4. The van der Waals surface area contributed by atoms with Crippen molar-refractivity contribution in [3.05, 3.63) is 0 Å². The summed E-state index contributed by atoms with van der Waals surface area (Å²) in [4.78, 5) is 2.93. The fraction of sp³-hybridized carbons (Fsp3) is 1.00. The Labute approximate surface area is 368 Å². The SMILES string of the molecule is CCCCCCCCCCCCCCCCN(CCCCCCCCCCCCCCCC)CCCCC[C@@H](CCC)[C@@]1(C)CCC2C(CCC3CCCC[C@@]32C)C1. The van der Waals surface area contributed by atoms with E-state index in [1.165, 1.54) is 257 Å². The molecular weight excluding hydrogens is 699 g/mol. The van der Waals surface area contributed by atoms with E-state index in [1.54, 1.807) is 38.5 Å². The number of hydrogen-bond donors (Lipinski definition) is 0. The first-order chi connectivity index (χ1) is 28.5. The topological polar surface area (TPSA) is 3.24 Å². The molecule has 1 heteroatoms. The maximum absolute atomic E-state index is 2.93. The van der Waals surface area contributed by atoms with E-state index in [0.29, 0.717) is 10.8 Å². The first kappa shape index (κ1) is 52.3. The van der Waals surface area contributed by atoms with Crippen LogP contribution in [0.15, 0.2) is 0 Å². The summed E-state index contributed by atoms with van der Waals surface area (Å²) in [5.41, 5.74) is 1.30. The van der Waals surface area contributed by atoms with E-state index in [4.69, 9.17) is 0 Å². The van der Waals surface area contributed by atoms with Gasteiger partial charge in [0, 0.05) is 0 Å². The highest BCUT2D eigenvalue weighted by molar-refractivity contribution is 5.03. The maximum atomic E-state index is 2.93. The number of rotatable bonds is 39. The lowest BCUT2D eigenvalue weighted by molar-refractivity contribution is -0.0907. The van der Waals surface area contributed by atoms with E-state index in [0.717, 1.165) is 23.7 Å². The Hall–Kier alpha value is -0.0400. The van der Waals surface area contributed by atoms with Gasteiger partial charge in [-0.2, -0.15) is 0 Å². The Kier molecular flexibility index (Phi) is 30.2. The van der Waals surface area contributed by atoms with Gasteiger partial charge in [0.25, 0.3) is 0 Å². The first-order valence-corrected chi connectivity index (χ1v) is 28.2. The second kappa shape index (κ2) is 33.5. The molecule has 0 aromatic heterocycles. The summed E-state index contributed by atoms with van der Waals surface area (Å²) in [6.07, 6.45) is 63.7. The predicted octanol–water partition coefficient (Wildman–Crippen LogP) is 19.6. The molecule has 0 heterocycles. The Morgan fingerprint density at radius 3 is 1.29 bits per heavy atom. The van der Waals surface area contributed by atoms with Crippen LogP contribution in [0.5, 0.6) is 0 Å². The highest BCUT2D eigenvalue weighted by Crippen LogP contribution is 2.62. The Morgan fingerprint density at radius 2 is 0.845 bits per heavy atom. The van der Waals surface area contributed by atoms with Gasteiger partial charge in [0.15, 0.2) is 0 Å². The summed E-state index contributed by atoms with van der Waals surface area (Å²) in [5.74, 6) is 4.11. The average Bonchev–Trinajstić information content (AvgIpc) is 3.22.